The second-order valence-corrected chi connectivity index (χ2v) is 4.49. The van der Waals surface area contributed by atoms with Gasteiger partial charge in [-0.2, -0.15) is 0 Å². The highest BCUT2D eigenvalue weighted by molar-refractivity contribution is 4.69. The van der Waals surface area contributed by atoms with E-state index >= 15 is 0 Å². The summed E-state index contributed by atoms with van der Waals surface area (Å²) in [6, 6.07) is 0. The number of hydrogen-bond acceptors (Lipinski definition) is 0. The molecule has 17 heavy (non-hydrogen) atoms. The first-order valence-corrected chi connectivity index (χ1v) is 8.26. The molecule has 0 saturated heterocycles. The zero-order valence-electron chi connectivity index (χ0n) is 14.1. The largest absolute Gasteiger partial charge is 0.0683 e. The summed E-state index contributed by atoms with van der Waals surface area (Å²) in [5, 5.41) is 0. The molecule has 108 valence electrons. The SMILES string of the molecule is CC.CC.CCC.CCC(C)C1CCCCC1. The maximum Gasteiger partial charge on any atom is -0.0389 e. The van der Waals surface area contributed by atoms with E-state index in [4.69, 9.17) is 0 Å². The molecule has 0 spiro atoms. The summed E-state index contributed by atoms with van der Waals surface area (Å²) in [6.07, 6.45) is 10.1. The number of rotatable bonds is 2. The first-order chi connectivity index (χ1) is 8.26. The Labute approximate surface area is 113 Å². The average molecular weight is 245 g/mol. The molecule has 0 amide bonds. The predicted molar refractivity (Wildman–Crippen MR) is 84.7 cm³/mol. The molecule has 0 aromatic carbocycles. The topological polar surface area (TPSA) is 0 Å². The van der Waals surface area contributed by atoms with Gasteiger partial charge in [0.05, 0.1) is 0 Å². The summed E-state index contributed by atoms with van der Waals surface area (Å²) in [5.74, 6) is 2.05. The van der Waals surface area contributed by atoms with Gasteiger partial charge in [-0.1, -0.05) is 100 Å². The molecule has 1 aliphatic rings. The third-order valence-electron chi connectivity index (χ3n) is 3.10. The smallest absolute Gasteiger partial charge is 0.0389 e. The Morgan fingerprint density at radius 3 is 1.47 bits per heavy atom. The molecule has 1 unspecified atom stereocenters. The highest BCUT2D eigenvalue weighted by Crippen LogP contribution is 2.30. The van der Waals surface area contributed by atoms with Crippen molar-refractivity contribution in [1.29, 1.82) is 0 Å². The van der Waals surface area contributed by atoms with E-state index in [-0.39, 0.29) is 0 Å². The van der Waals surface area contributed by atoms with Crippen LogP contribution in [0.15, 0.2) is 0 Å². The van der Waals surface area contributed by atoms with Crippen LogP contribution < -0.4 is 0 Å². The lowest BCUT2D eigenvalue weighted by Crippen LogP contribution is -2.14. The van der Waals surface area contributed by atoms with Gasteiger partial charge >= 0.3 is 0 Å². The lowest BCUT2D eigenvalue weighted by molar-refractivity contribution is 0.258. The van der Waals surface area contributed by atoms with E-state index in [1.807, 2.05) is 27.7 Å². The van der Waals surface area contributed by atoms with Crippen LogP contribution in [0, 0.1) is 11.8 Å². The van der Waals surface area contributed by atoms with E-state index in [0.717, 1.165) is 11.8 Å². The van der Waals surface area contributed by atoms with Crippen LogP contribution in [-0.2, 0) is 0 Å². The van der Waals surface area contributed by atoms with Crippen LogP contribution >= 0.6 is 0 Å². The normalized spacial score (nSPS) is 16.2. The Kier molecular flexibility index (Phi) is 27.8. The van der Waals surface area contributed by atoms with Crippen molar-refractivity contribution in [3.05, 3.63) is 0 Å². The lowest BCUT2D eigenvalue weighted by Gasteiger charge is -2.26. The molecule has 0 aliphatic heterocycles. The Balaban J connectivity index is -0.000000239. The summed E-state index contributed by atoms with van der Waals surface area (Å²) < 4.78 is 0. The summed E-state index contributed by atoms with van der Waals surface area (Å²) in [6.45, 7) is 17.0. The molecule has 0 heterocycles. The Hall–Kier alpha value is 0. The van der Waals surface area contributed by atoms with Crippen molar-refractivity contribution in [2.45, 2.75) is 100 Å². The second kappa shape index (κ2) is 21.3. The van der Waals surface area contributed by atoms with Gasteiger partial charge in [0.1, 0.15) is 0 Å². The monoisotopic (exact) mass is 244 g/mol. The Morgan fingerprint density at radius 2 is 1.18 bits per heavy atom. The van der Waals surface area contributed by atoms with Crippen LogP contribution in [-0.4, -0.2) is 0 Å². The number of hydrogen-bond donors (Lipinski definition) is 0. The van der Waals surface area contributed by atoms with Crippen molar-refractivity contribution >= 4 is 0 Å². The fourth-order valence-corrected chi connectivity index (χ4v) is 2.04. The summed E-state index contributed by atoms with van der Waals surface area (Å²) in [5.41, 5.74) is 0. The molecule has 1 fully saturated rings. The maximum atomic E-state index is 2.41. The van der Waals surface area contributed by atoms with Gasteiger partial charge in [-0.25, -0.2) is 0 Å². The van der Waals surface area contributed by atoms with Crippen molar-refractivity contribution < 1.29 is 0 Å². The minimum atomic E-state index is 0.986. The maximum absolute atomic E-state index is 2.41. The van der Waals surface area contributed by atoms with Crippen LogP contribution in [0.3, 0.4) is 0 Å². The van der Waals surface area contributed by atoms with E-state index in [1.165, 1.54) is 44.9 Å². The molecule has 0 radical (unpaired) electrons. The summed E-state index contributed by atoms with van der Waals surface area (Å²) in [4.78, 5) is 0. The van der Waals surface area contributed by atoms with Crippen LogP contribution in [0.1, 0.15) is 100 Å². The zero-order chi connectivity index (χ0) is 14.1. The highest BCUT2D eigenvalue weighted by Gasteiger charge is 2.17. The average Bonchev–Trinajstić information content (AvgIpc) is 2.44. The van der Waals surface area contributed by atoms with Crippen LogP contribution in [0.25, 0.3) is 0 Å². The molecule has 1 atom stereocenters. The molecule has 1 rings (SSSR count). The molecule has 0 aromatic heterocycles. The lowest BCUT2D eigenvalue weighted by atomic mass is 9.80. The van der Waals surface area contributed by atoms with E-state index in [1.54, 1.807) is 0 Å². The standard InChI is InChI=1S/C10H20.C3H8.2C2H6/c1-3-9(2)10-7-5-4-6-8-10;1-3-2;2*1-2/h9-10H,3-8H2,1-2H3;3H2,1-2H3;2*1-2H3. The van der Waals surface area contributed by atoms with Gasteiger partial charge in [-0.3, -0.25) is 0 Å². The molecular formula is C17H40. The van der Waals surface area contributed by atoms with Crippen molar-refractivity contribution in [1.82, 2.24) is 0 Å². The van der Waals surface area contributed by atoms with Gasteiger partial charge < -0.3 is 0 Å². The Bertz CT molecular complexity index is 90.2. The predicted octanol–water partition coefficient (Wildman–Crippen LogP) is 7.08. The van der Waals surface area contributed by atoms with Gasteiger partial charge in [-0.15, -0.1) is 0 Å². The van der Waals surface area contributed by atoms with Crippen LogP contribution in [0.2, 0.25) is 0 Å². The third-order valence-corrected chi connectivity index (χ3v) is 3.10. The quantitative estimate of drug-likeness (QED) is 0.487. The second-order valence-electron chi connectivity index (χ2n) is 4.49. The van der Waals surface area contributed by atoms with Gasteiger partial charge in [0.25, 0.3) is 0 Å². The van der Waals surface area contributed by atoms with Crippen molar-refractivity contribution in [3.63, 3.8) is 0 Å². The fraction of sp³-hybridized carbons (Fsp3) is 1.00. The Morgan fingerprint density at radius 1 is 0.824 bits per heavy atom. The third kappa shape index (κ3) is 16.0. The van der Waals surface area contributed by atoms with Gasteiger partial charge in [0, 0.05) is 0 Å². The van der Waals surface area contributed by atoms with E-state index in [0.29, 0.717) is 0 Å². The molecule has 0 bridgehead atoms. The molecular weight excluding hydrogens is 204 g/mol. The van der Waals surface area contributed by atoms with E-state index in [9.17, 15) is 0 Å². The fourth-order valence-electron chi connectivity index (χ4n) is 2.04. The molecule has 0 nitrogen and oxygen atoms in total. The zero-order valence-corrected chi connectivity index (χ0v) is 14.1. The van der Waals surface area contributed by atoms with Gasteiger partial charge in [-0.05, 0) is 11.8 Å². The van der Waals surface area contributed by atoms with E-state index < -0.39 is 0 Å². The summed E-state index contributed by atoms with van der Waals surface area (Å²) >= 11 is 0. The molecule has 1 saturated carbocycles. The highest BCUT2D eigenvalue weighted by atomic mass is 14.2. The van der Waals surface area contributed by atoms with Crippen molar-refractivity contribution in [2.24, 2.45) is 11.8 Å². The van der Waals surface area contributed by atoms with Crippen molar-refractivity contribution in [3.8, 4) is 0 Å². The summed E-state index contributed by atoms with van der Waals surface area (Å²) in [7, 11) is 0. The van der Waals surface area contributed by atoms with E-state index in [2.05, 4.69) is 27.7 Å². The molecule has 0 N–H and O–H groups in total. The first kappa shape index (κ1) is 22.2. The van der Waals surface area contributed by atoms with Crippen molar-refractivity contribution in [2.75, 3.05) is 0 Å². The van der Waals surface area contributed by atoms with Gasteiger partial charge in [0.2, 0.25) is 0 Å². The first-order valence-electron chi connectivity index (χ1n) is 8.26. The van der Waals surface area contributed by atoms with Crippen LogP contribution in [0.4, 0.5) is 0 Å². The minimum absolute atomic E-state index is 0.986. The minimum Gasteiger partial charge on any atom is -0.0683 e. The molecule has 0 aromatic rings. The molecule has 0 heteroatoms. The molecule has 1 aliphatic carbocycles. The van der Waals surface area contributed by atoms with Gasteiger partial charge in [0.15, 0.2) is 0 Å². The van der Waals surface area contributed by atoms with Crippen LogP contribution in [0.5, 0.6) is 0 Å².